The fraction of sp³-hybridized carbons (Fsp3) is 0.667. The number of rotatable bonds is 14. The smallest absolute Gasteiger partial charge is 0.341 e. The van der Waals surface area contributed by atoms with Crippen molar-refractivity contribution in [3.63, 3.8) is 0 Å². The van der Waals surface area contributed by atoms with Gasteiger partial charge in [0.05, 0.1) is 6.61 Å². The van der Waals surface area contributed by atoms with Gasteiger partial charge in [0.1, 0.15) is 17.9 Å². The van der Waals surface area contributed by atoms with Crippen molar-refractivity contribution in [2.45, 2.75) is 53.4 Å². The maximum Gasteiger partial charge on any atom is 0.341 e. The van der Waals surface area contributed by atoms with Crippen LogP contribution in [0.4, 0.5) is 5.69 Å². The van der Waals surface area contributed by atoms with Crippen LogP contribution in [0, 0.1) is 0 Å². The lowest BCUT2D eigenvalue weighted by Gasteiger charge is -2.18. The van der Waals surface area contributed by atoms with Gasteiger partial charge >= 0.3 is 5.97 Å². The molecule has 1 rings (SSSR count). The number of benzene rings is 1. The molecule has 26 heavy (non-hydrogen) atoms. The number of anilines is 1. The molecule has 5 nitrogen and oxygen atoms in total. The molecular weight excluding hydrogens is 328 g/mol. The maximum atomic E-state index is 12.5. The second kappa shape index (κ2) is 13.5. The van der Waals surface area contributed by atoms with E-state index in [4.69, 9.17) is 9.47 Å². The Bertz CT molecular complexity index is 516. The molecule has 0 bridgehead atoms. The molecule has 1 aromatic carbocycles. The van der Waals surface area contributed by atoms with Gasteiger partial charge in [0.15, 0.2) is 0 Å². The fourth-order valence-electron chi connectivity index (χ4n) is 2.54. The summed E-state index contributed by atoms with van der Waals surface area (Å²) in [4.78, 5) is 14.7. The zero-order chi connectivity index (χ0) is 19.2. The van der Waals surface area contributed by atoms with Gasteiger partial charge in [-0.15, -0.1) is 0 Å². The van der Waals surface area contributed by atoms with Crippen LogP contribution in [0.2, 0.25) is 0 Å². The summed E-state index contributed by atoms with van der Waals surface area (Å²) in [5, 5.41) is 3.38. The number of esters is 1. The molecule has 0 spiro atoms. The molecule has 0 heterocycles. The highest BCUT2D eigenvalue weighted by Gasteiger charge is 2.15. The summed E-state index contributed by atoms with van der Waals surface area (Å²) in [7, 11) is 0. The predicted molar refractivity (Wildman–Crippen MR) is 108 cm³/mol. The minimum Gasteiger partial charge on any atom is -0.493 e. The minimum atomic E-state index is -0.316. The molecular formula is C21H36N2O3. The number of likely N-dealkylation sites (N-methyl/N-ethyl adjacent to an activating group) is 1. The van der Waals surface area contributed by atoms with Crippen molar-refractivity contribution >= 4 is 11.7 Å². The van der Waals surface area contributed by atoms with E-state index in [1.54, 1.807) is 6.07 Å². The van der Waals surface area contributed by atoms with E-state index < -0.39 is 0 Å². The lowest BCUT2D eigenvalue weighted by Crippen LogP contribution is -2.28. The Hall–Kier alpha value is -1.75. The number of hydrogen-bond donors (Lipinski definition) is 1. The first-order chi connectivity index (χ1) is 12.7. The van der Waals surface area contributed by atoms with Crippen LogP contribution in [-0.4, -0.2) is 50.3 Å². The Morgan fingerprint density at radius 3 is 2.42 bits per heavy atom. The molecule has 1 N–H and O–H groups in total. The van der Waals surface area contributed by atoms with Gasteiger partial charge in [0.25, 0.3) is 0 Å². The SMILES string of the molecule is CCCCNc1ccc(C(=O)OCCN(CC)CC)c(OCCCC)c1. The van der Waals surface area contributed by atoms with Crippen molar-refractivity contribution in [2.75, 3.05) is 44.7 Å². The zero-order valence-electron chi connectivity index (χ0n) is 17.0. The van der Waals surface area contributed by atoms with Crippen LogP contribution in [-0.2, 0) is 4.74 Å². The van der Waals surface area contributed by atoms with Crippen molar-refractivity contribution in [2.24, 2.45) is 0 Å². The number of unbranched alkanes of at least 4 members (excludes halogenated alkanes) is 2. The number of ether oxygens (including phenoxy) is 2. The number of nitrogens with zero attached hydrogens (tertiary/aromatic N) is 1. The quantitative estimate of drug-likeness (QED) is 0.387. The Morgan fingerprint density at radius 2 is 1.77 bits per heavy atom. The maximum absolute atomic E-state index is 12.5. The number of carbonyl (C=O) groups excluding carboxylic acids is 1. The molecule has 0 atom stereocenters. The Balaban J connectivity index is 2.74. The molecule has 0 aliphatic heterocycles. The van der Waals surface area contributed by atoms with Crippen LogP contribution in [0.15, 0.2) is 18.2 Å². The van der Waals surface area contributed by atoms with E-state index >= 15 is 0 Å². The van der Waals surface area contributed by atoms with E-state index in [2.05, 4.69) is 37.9 Å². The van der Waals surface area contributed by atoms with Crippen molar-refractivity contribution in [3.05, 3.63) is 23.8 Å². The summed E-state index contributed by atoms with van der Waals surface area (Å²) in [6.45, 7) is 13.1. The van der Waals surface area contributed by atoms with Gasteiger partial charge in [-0.1, -0.05) is 40.5 Å². The highest BCUT2D eigenvalue weighted by molar-refractivity contribution is 5.93. The van der Waals surface area contributed by atoms with Crippen molar-refractivity contribution in [1.29, 1.82) is 0 Å². The van der Waals surface area contributed by atoms with Crippen LogP contribution in [0.1, 0.15) is 63.7 Å². The summed E-state index contributed by atoms with van der Waals surface area (Å²) in [6, 6.07) is 5.63. The standard InChI is InChI=1S/C21H36N2O3/c1-5-9-13-22-18-11-12-19(20(17-18)25-15-10-6-2)21(24)26-16-14-23(7-3)8-4/h11-12,17,22H,5-10,13-16H2,1-4H3. The minimum absolute atomic E-state index is 0.316. The van der Waals surface area contributed by atoms with Crippen LogP contribution in [0.3, 0.4) is 0 Å². The van der Waals surface area contributed by atoms with E-state index in [1.165, 1.54) is 0 Å². The van der Waals surface area contributed by atoms with Crippen molar-refractivity contribution in [3.8, 4) is 5.75 Å². The topological polar surface area (TPSA) is 50.8 Å². The molecule has 0 saturated heterocycles. The fourth-order valence-corrected chi connectivity index (χ4v) is 2.54. The third-order valence-electron chi connectivity index (χ3n) is 4.35. The van der Waals surface area contributed by atoms with Crippen molar-refractivity contribution in [1.82, 2.24) is 4.90 Å². The Morgan fingerprint density at radius 1 is 1.04 bits per heavy atom. The Labute approximate surface area is 159 Å². The van der Waals surface area contributed by atoms with Gasteiger partial charge in [-0.05, 0) is 38.1 Å². The van der Waals surface area contributed by atoms with Crippen LogP contribution >= 0.6 is 0 Å². The number of hydrogen-bond acceptors (Lipinski definition) is 5. The molecule has 0 aromatic heterocycles. The van der Waals surface area contributed by atoms with Gasteiger partial charge in [-0.3, -0.25) is 0 Å². The third-order valence-corrected chi connectivity index (χ3v) is 4.35. The average Bonchev–Trinajstić information content (AvgIpc) is 2.66. The van der Waals surface area contributed by atoms with Gasteiger partial charge in [-0.25, -0.2) is 4.79 Å². The lowest BCUT2D eigenvalue weighted by molar-refractivity contribution is 0.0462. The van der Waals surface area contributed by atoms with Crippen LogP contribution < -0.4 is 10.1 Å². The summed E-state index contributed by atoms with van der Waals surface area (Å²) < 4.78 is 11.3. The molecule has 1 aromatic rings. The molecule has 148 valence electrons. The van der Waals surface area contributed by atoms with Crippen LogP contribution in [0.5, 0.6) is 5.75 Å². The lowest BCUT2D eigenvalue weighted by atomic mass is 10.1. The second-order valence-electron chi connectivity index (χ2n) is 6.36. The highest BCUT2D eigenvalue weighted by atomic mass is 16.5. The molecule has 0 radical (unpaired) electrons. The molecule has 0 amide bonds. The number of carbonyl (C=O) groups is 1. The first-order valence-corrected chi connectivity index (χ1v) is 10.1. The third kappa shape index (κ3) is 8.09. The van der Waals surface area contributed by atoms with Crippen molar-refractivity contribution < 1.29 is 14.3 Å². The molecule has 5 heteroatoms. The summed E-state index contributed by atoms with van der Waals surface area (Å²) in [5.74, 6) is 0.288. The monoisotopic (exact) mass is 364 g/mol. The molecule has 0 aliphatic carbocycles. The van der Waals surface area contributed by atoms with Gasteiger partial charge in [-0.2, -0.15) is 0 Å². The van der Waals surface area contributed by atoms with E-state index in [-0.39, 0.29) is 5.97 Å². The van der Waals surface area contributed by atoms with E-state index in [0.29, 0.717) is 24.5 Å². The Kier molecular flexibility index (Phi) is 11.5. The van der Waals surface area contributed by atoms with Gasteiger partial charge < -0.3 is 19.7 Å². The van der Waals surface area contributed by atoms with E-state index in [9.17, 15) is 4.79 Å². The second-order valence-corrected chi connectivity index (χ2v) is 6.36. The first kappa shape index (κ1) is 22.3. The first-order valence-electron chi connectivity index (χ1n) is 10.1. The van der Waals surface area contributed by atoms with Crippen LogP contribution in [0.25, 0.3) is 0 Å². The summed E-state index contributed by atoms with van der Waals surface area (Å²) in [5.41, 5.74) is 1.48. The average molecular weight is 365 g/mol. The molecule has 0 aliphatic rings. The molecule has 0 unspecified atom stereocenters. The molecule has 0 saturated carbocycles. The van der Waals surface area contributed by atoms with Gasteiger partial charge in [0.2, 0.25) is 0 Å². The van der Waals surface area contributed by atoms with E-state index in [1.807, 2.05) is 12.1 Å². The van der Waals surface area contributed by atoms with E-state index in [0.717, 1.165) is 57.5 Å². The normalized spacial score (nSPS) is 10.8. The number of nitrogens with one attached hydrogen (secondary N) is 1. The predicted octanol–water partition coefficient (Wildman–Crippen LogP) is 4.58. The zero-order valence-corrected chi connectivity index (χ0v) is 17.0. The highest BCUT2D eigenvalue weighted by Crippen LogP contribution is 2.25. The van der Waals surface area contributed by atoms with Gasteiger partial charge in [0, 0.05) is 24.8 Å². The summed E-state index contributed by atoms with van der Waals surface area (Å²) >= 11 is 0. The largest absolute Gasteiger partial charge is 0.493 e. The molecule has 0 fully saturated rings. The summed E-state index contributed by atoms with van der Waals surface area (Å²) in [6.07, 6.45) is 4.27.